The molecule has 0 radical (unpaired) electrons. The Morgan fingerprint density at radius 1 is 1.14 bits per heavy atom. The molecule has 0 atom stereocenters. The number of methoxy groups -OCH3 is 1. The smallest absolute Gasteiger partial charge is 0.343 e. The van der Waals surface area contributed by atoms with Crippen LogP contribution < -0.4 is 10.7 Å². The summed E-state index contributed by atoms with van der Waals surface area (Å²) in [6.45, 7) is 2.27. The molecule has 0 saturated carbocycles. The van der Waals surface area contributed by atoms with Crippen molar-refractivity contribution >= 4 is 22.9 Å². The molecule has 0 aliphatic rings. The SMILES string of the molecule is COC(=O)c1cn(CC(=O)NCCCc2ccccc2)c2nc(C)ccc2c1=O. The number of pyridine rings is 2. The summed E-state index contributed by atoms with van der Waals surface area (Å²) in [7, 11) is 1.21. The number of rotatable bonds is 7. The highest BCUT2D eigenvalue weighted by molar-refractivity contribution is 5.93. The maximum atomic E-state index is 12.6. The summed E-state index contributed by atoms with van der Waals surface area (Å²) in [5.41, 5.74) is 1.71. The first-order valence-corrected chi connectivity index (χ1v) is 9.39. The lowest BCUT2D eigenvalue weighted by Gasteiger charge is -2.13. The fourth-order valence-corrected chi connectivity index (χ4v) is 3.11. The molecule has 0 spiro atoms. The molecule has 3 rings (SSSR count). The number of fused-ring (bicyclic) bond motifs is 1. The van der Waals surface area contributed by atoms with Crippen LogP contribution in [-0.2, 0) is 22.5 Å². The molecule has 1 aromatic carbocycles. The van der Waals surface area contributed by atoms with Crippen LogP contribution in [0, 0.1) is 6.92 Å². The standard InChI is InChI=1S/C22H23N3O4/c1-15-10-11-17-20(27)18(22(28)29-2)13-25(21(17)24-15)14-19(26)23-12-6-9-16-7-4-3-5-8-16/h3-5,7-8,10-11,13H,6,9,12,14H2,1-2H3,(H,23,26). The number of nitrogens with zero attached hydrogens (tertiary/aromatic N) is 2. The first-order chi connectivity index (χ1) is 14.0. The summed E-state index contributed by atoms with van der Waals surface area (Å²) < 4.78 is 6.21. The van der Waals surface area contributed by atoms with Gasteiger partial charge in [-0.2, -0.15) is 0 Å². The van der Waals surface area contributed by atoms with Crippen molar-refractivity contribution < 1.29 is 14.3 Å². The van der Waals surface area contributed by atoms with Crippen LogP contribution in [0.3, 0.4) is 0 Å². The molecule has 29 heavy (non-hydrogen) atoms. The fourth-order valence-electron chi connectivity index (χ4n) is 3.11. The van der Waals surface area contributed by atoms with Gasteiger partial charge in [0.2, 0.25) is 11.3 Å². The number of carbonyl (C=O) groups is 2. The quantitative estimate of drug-likeness (QED) is 0.491. The molecule has 1 N–H and O–H groups in total. The van der Waals surface area contributed by atoms with Crippen LogP contribution in [0.4, 0.5) is 0 Å². The van der Waals surface area contributed by atoms with Gasteiger partial charge in [-0.05, 0) is 37.5 Å². The van der Waals surface area contributed by atoms with Crippen LogP contribution in [0.25, 0.3) is 11.0 Å². The van der Waals surface area contributed by atoms with E-state index in [1.807, 2.05) is 18.2 Å². The van der Waals surface area contributed by atoms with Crippen molar-refractivity contribution in [2.24, 2.45) is 0 Å². The maximum Gasteiger partial charge on any atom is 0.343 e. The lowest BCUT2D eigenvalue weighted by molar-refractivity contribution is -0.121. The zero-order valence-electron chi connectivity index (χ0n) is 16.5. The van der Waals surface area contributed by atoms with Gasteiger partial charge in [-0.3, -0.25) is 9.59 Å². The Bertz CT molecular complexity index is 1090. The van der Waals surface area contributed by atoms with E-state index in [2.05, 4.69) is 22.4 Å². The second kappa shape index (κ2) is 9.14. The molecular formula is C22H23N3O4. The third-order valence-electron chi connectivity index (χ3n) is 4.59. The number of hydrogen-bond acceptors (Lipinski definition) is 5. The Kier molecular flexibility index (Phi) is 6.39. The average molecular weight is 393 g/mol. The second-order valence-electron chi connectivity index (χ2n) is 6.75. The summed E-state index contributed by atoms with van der Waals surface area (Å²) in [4.78, 5) is 41.4. The predicted molar refractivity (Wildman–Crippen MR) is 110 cm³/mol. The molecule has 0 bridgehead atoms. The largest absolute Gasteiger partial charge is 0.465 e. The number of nitrogens with one attached hydrogen (secondary N) is 1. The van der Waals surface area contributed by atoms with E-state index in [9.17, 15) is 14.4 Å². The van der Waals surface area contributed by atoms with Crippen molar-refractivity contribution in [3.63, 3.8) is 0 Å². The lowest BCUT2D eigenvalue weighted by atomic mass is 10.1. The zero-order chi connectivity index (χ0) is 20.8. The minimum atomic E-state index is -0.741. The normalized spacial score (nSPS) is 10.7. The number of esters is 1. The first kappa shape index (κ1) is 20.3. The molecule has 2 heterocycles. The Balaban J connectivity index is 1.75. The zero-order valence-corrected chi connectivity index (χ0v) is 16.5. The van der Waals surface area contributed by atoms with E-state index >= 15 is 0 Å². The summed E-state index contributed by atoms with van der Waals surface area (Å²) in [5, 5.41) is 3.15. The van der Waals surface area contributed by atoms with Gasteiger partial charge in [-0.15, -0.1) is 0 Å². The number of aromatic nitrogens is 2. The van der Waals surface area contributed by atoms with E-state index in [1.165, 1.54) is 23.4 Å². The van der Waals surface area contributed by atoms with Crippen molar-refractivity contribution in [3.8, 4) is 0 Å². The van der Waals surface area contributed by atoms with Crippen molar-refractivity contribution in [1.29, 1.82) is 0 Å². The molecule has 7 nitrogen and oxygen atoms in total. The molecule has 7 heteroatoms. The number of aryl methyl sites for hydroxylation is 2. The highest BCUT2D eigenvalue weighted by atomic mass is 16.5. The minimum Gasteiger partial charge on any atom is -0.465 e. The topological polar surface area (TPSA) is 90.3 Å². The molecule has 0 saturated heterocycles. The molecule has 0 aliphatic heterocycles. The van der Waals surface area contributed by atoms with E-state index in [1.54, 1.807) is 19.1 Å². The molecule has 0 aliphatic carbocycles. The molecular weight excluding hydrogens is 370 g/mol. The van der Waals surface area contributed by atoms with Gasteiger partial charge in [0.05, 0.1) is 12.5 Å². The van der Waals surface area contributed by atoms with Gasteiger partial charge in [-0.1, -0.05) is 30.3 Å². The van der Waals surface area contributed by atoms with Gasteiger partial charge in [0, 0.05) is 18.4 Å². The van der Waals surface area contributed by atoms with Gasteiger partial charge < -0.3 is 14.6 Å². The van der Waals surface area contributed by atoms with Crippen molar-refractivity contribution in [3.05, 3.63) is 75.7 Å². The number of ether oxygens (including phenoxy) is 1. The van der Waals surface area contributed by atoms with Crippen LogP contribution in [0.15, 0.2) is 53.5 Å². The maximum absolute atomic E-state index is 12.6. The third kappa shape index (κ3) is 4.87. The Morgan fingerprint density at radius 3 is 2.62 bits per heavy atom. The molecule has 2 aromatic heterocycles. The monoisotopic (exact) mass is 393 g/mol. The summed E-state index contributed by atoms with van der Waals surface area (Å²) in [6.07, 6.45) is 3.02. The van der Waals surface area contributed by atoms with Gasteiger partial charge in [0.25, 0.3) is 0 Å². The summed E-state index contributed by atoms with van der Waals surface area (Å²) in [5.74, 6) is -0.961. The van der Waals surface area contributed by atoms with Gasteiger partial charge in [0.1, 0.15) is 17.8 Å². The van der Waals surface area contributed by atoms with E-state index in [0.717, 1.165) is 12.8 Å². The average Bonchev–Trinajstić information content (AvgIpc) is 2.73. The fraction of sp³-hybridized carbons (Fsp3) is 0.273. The highest BCUT2D eigenvalue weighted by Gasteiger charge is 2.18. The van der Waals surface area contributed by atoms with E-state index in [-0.39, 0.29) is 23.4 Å². The lowest BCUT2D eigenvalue weighted by Crippen LogP contribution is -2.30. The van der Waals surface area contributed by atoms with Crippen LogP contribution in [0.2, 0.25) is 0 Å². The van der Waals surface area contributed by atoms with Gasteiger partial charge in [0.15, 0.2) is 0 Å². The minimum absolute atomic E-state index is 0.0530. The van der Waals surface area contributed by atoms with Crippen molar-refractivity contribution in [2.45, 2.75) is 26.3 Å². The molecule has 0 fully saturated rings. The Labute approximate surface area is 168 Å². The van der Waals surface area contributed by atoms with Crippen LogP contribution in [-0.4, -0.2) is 35.1 Å². The Morgan fingerprint density at radius 2 is 1.90 bits per heavy atom. The van der Waals surface area contributed by atoms with Crippen molar-refractivity contribution in [1.82, 2.24) is 14.9 Å². The number of benzene rings is 1. The third-order valence-corrected chi connectivity index (χ3v) is 4.59. The van der Waals surface area contributed by atoms with Crippen LogP contribution in [0.1, 0.15) is 28.0 Å². The van der Waals surface area contributed by atoms with Crippen LogP contribution >= 0.6 is 0 Å². The number of amides is 1. The van der Waals surface area contributed by atoms with E-state index in [4.69, 9.17) is 4.74 Å². The molecule has 150 valence electrons. The van der Waals surface area contributed by atoms with Gasteiger partial charge in [-0.25, -0.2) is 9.78 Å². The number of carbonyl (C=O) groups excluding carboxylic acids is 2. The van der Waals surface area contributed by atoms with Crippen LogP contribution in [0.5, 0.6) is 0 Å². The molecule has 0 unspecified atom stereocenters. The predicted octanol–water partition coefficient (Wildman–Crippen LogP) is 2.24. The second-order valence-corrected chi connectivity index (χ2v) is 6.75. The highest BCUT2D eigenvalue weighted by Crippen LogP contribution is 2.11. The van der Waals surface area contributed by atoms with Gasteiger partial charge >= 0.3 is 5.97 Å². The molecule has 1 amide bonds. The first-order valence-electron chi connectivity index (χ1n) is 9.39. The summed E-state index contributed by atoms with van der Waals surface area (Å²) >= 11 is 0. The van der Waals surface area contributed by atoms with E-state index in [0.29, 0.717) is 17.9 Å². The van der Waals surface area contributed by atoms with Crippen molar-refractivity contribution in [2.75, 3.05) is 13.7 Å². The summed E-state index contributed by atoms with van der Waals surface area (Å²) in [6, 6.07) is 13.4. The Hall–Kier alpha value is -3.48. The van der Waals surface area contributed by atoms with E-state index < -0.39 is 11.4 Å². The number of hydrogen-bond donors (Lipinski definition) is 1. The molecule has 3 aromatic rings.